The summed E-state index contributed by atoms with van der Waals surface area (Å²) < 4.78 is 0. The van der Waals surface area contributed by atoms with Crippen molar-refractivity contribution in [3.05, 3.63) is 47.5 Å². The highest BCUT2D eigenvalue weighted by atomic mass is 16.3. The summed E-state index contributed by atoms with van der Waals surface area (Å²) in [4.78, 5) is 11.9. The van der Waals surface area contributed by atoms with Gasteiger partial charge in [-0.3, -0.25) is 4.79 Å². The first kappa shape index (κ1) is 15.7. The van der Waals surface area contributed by atoms with Crippen LogP contribution in [0, 0.1) is 0 Å². The number of aryl methyl sites for hydroxylation is 2. The lowest BCUT2D eigenvalue weighted by Crippen LogP contribution is -2.02. The molecule has 0 unspecified atom stereocenters. The highest BCUT2D eigenvalue weighted by molar-refractivity contribution is 5.79. The third-order valence-electron chi connectivity index (χ3n) is 3.48. The number of benzene rings is 2. The molecule has 0 aromatic heterocycles. The van der Waals surface area contributed by atoms with Crippen LogP contribution in [0.3, 0.4) is 0 Å². The monoisotopic (exact) mass is 302 g/mol. The van der Waals surface area contributed by atoms with E-state index in [0.717, 1.165) is 0 Å². The number of carbonyl (C=O) groups is 1. The predicted molar refractivity (Wildman–Crippen MR) is 81.2 cm³/mol. The summed E-state index contributed by atoms with van der Waals surface area (Å²) in [5, 5.41) is 37.7. The molecule has 0 amide bonds. The van der Waals surface area contributed by atoms with Crippen LogP contribution in [-0.4, -0.2) is 26.2 Å². The Morgan fingerprint density at radius 3 is 1.50 bits per heavy atom. The number of carbonyl (C=O) groups excluding carboxylic acids is 1. The van der Waals surface area contributed by atoms with E-state index in [2.05, 4.69) is 0 Å². The quantitative estimate of drug-likeness (QED) is 0.657. The molecule has 5 heteroatoms. The van der Waals surface area contributed by atoms with Crippen molar-refractivity contribution in [1.82, 2.24) is 0 Å². The summed E-state index contributed by atoms with van der Waals surface area (Å²) in [6.45, 7) is 0. The minimum Gasteiger partial charge on any atom is -0.508 e. The summed E-state index contributed by atoms with van der Waals surface area (Å²) in [6, 6.07) is 8.60. The second-order valence-electron chi connectivity index (χ2n) is 5.16. The molecule has 22 heavy (non-hydrogen) atoms. The number of phenols is 4. The number of Topliss-reactive ketones (excluding diaryl/α,β-unsaturated/α-hetero) is 1. The highest BCUT2D eigenvalue weighted by Crippen LogP contribution is 2.25. The second kappa shape index (κ2) is 6.85. The maximum atomic E-state index is 11.9. The SMILES string of the molecule is O=C(CCc1ccc(O)cc1O)CCc1ccc(O)cc1O. The summed E-state index contributed by atoms with van der Waals surface area (Å²) in [6.07, 6.45) is 1.34. The standard InChI is InChI=1S/C17H18O5/c18-13(5-1-11-3-7-14(19)9-16(11)21)6-2-12-4-8-15(20)10-17(12)22/h3-4,7-10,19-22H,1-2,5-6H2. The molecule has 0 saturated carbocycles. The molecule has 0 aliphatic rings. The van der Waals surface area contributed by atoms with Gasteiger partial charge in [0.1, 0.15) is 28.8 Å². The van der Waals surface area contributed by atoms with E-state index in [4.69, 9.17) is 0 Å². The minimum atomic E-state index is -0.0241. The van der Waals surface area contributed by atoms with E-state index < -0.39 is 0 Å². The first-order chi connectivity index (χ1) is 10.5. The van der Waals surface area contributed by atoms with Crippen molar-refractivity contribution < 1.29 is 25.2 Å². The van der Waals surface area contributed by atoms with Crippen LogP contribution in [0.1, 0.15) is 24.0 Å². The Balaban J connectivity index is 1.85. The molecule has 2 rings (SSSR count). The molecule has 0 heterocycles. The molecule has 2 aromatic carbocycles. The topological polar surface area (TPSA) is 98.0 Å². The average molecular weight is 302 g/mol. The van der Waals surface area contributed by atoms with Gasteiger partial charge in [-0.25, -0.2) is 0 Å². The summed E-state index contributed by atoms with van der Waals surface area (Å²) in [5.41, 5.74) is 1.22. The fraction of sp³-hybridized carbons (Fsp3) is 0.235. The largest absolute Gasteiger partial charge is 0.508 e. The molecule has 0 bridgehead atoms. The van der Waals surface area contributed by atoms with Crippen LogP contribution >= 0.6 is 0 Å². The van der Waals surface area contributed by atoms with Crippen molar-refractivity contribution in [2.24, 2.45) is 0 Å². The Labute approximate surface area is 128 Å². The molecule has 0 spiro atoms. The van der Waals surface area contributed by atoms with Crippen molar-refractivity contribution in [2.45, 2.75) is 25.7 Å². The number of aromatic hydroxyl groups is 4. The first-order valence-corrected chi connectivity index (χ1v) is 6.99. The van der Waals surface area contributed by atoms with Gasteiger partial charge in [-0.1, -0.05) is 12.1 Å². The number of hydrogen-bond acceptors (Lipinski definition) is 5. The zero-order valence-corrected chi connectivity index (χ0v) is 12.0. The summed E-state index contributed by atoms with van der Waals surface area (Å²) in [7, 11) is 0. The van der Waals surface area contributed by atoms with Gasteiger partial charge >= 0.3 is 0 Å². The van der Waals surface area contributed by atoms with E-state index in [0.29, 0.717) is 24.0 Å². The first-order valence-electron chi connectivity index (χ1n) is 6.99. The van der Waals surface area contributed by atoms with Crippen molar-refractivity contribution >= 4 is 5.78 Å². The lowest BCUT2D eigenvalue weighted by molar-refractivity contribution is -0.119. The van der Waals surface area contributed by atoms with Crippen molar-refractivity contribution in [1.29, 1.82) is 0 Å². The third kappa shape index (κ3) is 4.15. The number of rotatable bonds is 6. The van der Waals surface area contributed by atoms with E-state index in [9.17, 15) is 25.2 Å². The van der Waals surface area contributed by atoms with Crippen molar-refractivity contribution in [3.63, 3.8) is 0 Å². The van der Waals surface area contributed by atoms with Crippen LogP contribution in [-0.2, 0) is 17.6 Å². The average Bonchev–Trinajstić information content (AvgIpc) is 2.45. The van der Waals surface area contributed by atoms with Gasteiger partial charge in [0.2, 0.25) is 0 Å². The Hall–Kier alpha value is -2.69. The molecule has 2 aromatic rings. The van der Waals surface area contributed by atoms with Crippen LogP contribution in [0.25, 0.3) is 0 Å². The van der Waals surface area contributed by atoms with Crippen molar-refractivity contribution in [2.75, 3.05) is 0 Å². The Bertz CT molecular complexity index is 621. The minimum absolute atomic E-state index is 0.0138. The van der Waals surface area contributed by atoms with E-state index in [1.54, 1.807) is 12.1 Å². The normalized spacial score (nSPS) is 10.5. The lowest BCUT2D eigenvalue weighted by atomic mass is 10.0. The van der Waals surface area contributed by atoms with Gasteiger partial charge in [-0.15, -0.1) is 0 Å². The van der Waals surface area contributed by atoms with Gasteiger partial charge in [-0.2, -0.15) is 0 Å². The van der Waals surface area contributed by atoms with Crippen molar-refractivity contribution in [3.8, 4) is 23.0 Å². The third-order valence-corrected chi connectivity index (χ3v) is 3.48. The molecule has 0 saturated heterocycles. The number of hydrogen-bond donors (Lipinski definition) is 4. The van der Waals surface area contributed by atoms with E-state index in [1.807, 2.05) is 0 Å². The molecule has 116 valence electrons. The smallest absolute Gasteiger partial charge is 0.133 e. The maximum Gasteiger partial charge on any atom is 0.133 e. The fourth-order valence-corrected chi connectivity index (χ4v) is 2.20. The molecular weight excluding hydrogens is 284 g/mol. The molecule has 0 aliphatic heterocycles. The zero-order chi connectivity index (χ0) is 16.1. The Kier molecular flexibility index (Phi) is 4.88. The molecular formula is C17H18O5. The number of phenolic OH excluding ortho intramolecular Hbond substituents is 4. The second-order valence-corrected chi connectivity index (χ2v) is 5.16. The van der Waals surface area contributed by atoms with Gasteiger partial charge in [0.15, 0.2) is 0 Å². The fourth-order valence-electron chi connectivity index (χ4n) is 2.20. The molecule has 0 fully saturated rings. The molecule has 4 N–H and O–H groups in total. The summed E-state index contributed by atoms with van der Waals surface area (Å²) in [5.74, 6) is -0.0707. The Morgan fingerprint density at radius 2 is 1.14 bits per heavy atom. The van der Waals surface area contributed by atoms with Crippen LogP contribution < -0.4 is 0 Å². The van der Waals surface area contributed by atoms with E-state index in [-0.39, 0.29) is 41.6 Å². The van der Waals surface area contributed by atoms with Gasteiger partial charge in [0.05, 0.1) is 0 Å². The van der Waals surface area contributed by atoms with Crippen LogP contribution in [0.15, 0.2) is 36.4 Å². The Morgan fingerprint density at radius 1 is 0.727 bits per heavy atom. The lowest BCUT2D eigenvalue weighted by Gasteiger charge is -2.06. The predicted octanol–water partition coefficient (Wildman–Crippen LogP) is 2.64. The zero-order valence-electron chi connectivity index (χ0n) is 12.0. The molecule has 0 atom stereocenters. The van der Waals surface area contributed by atoms with Gasteiger partial charge in [0, 0.05) is 25.0 Å². The molecule has 0 radical (unpaired) electrons. The van der Waals surface area contributed by atoms with Gasteiger partial charge in [-0.05, 0) is 36.1 Å². The number of ketones is 1. The maximum absolute atomic E-state index is 11.9. The van der Waals surface area contributed by atoms with Gasteiger partial charge < -0.3 is 20.4 Å². The van der Waals surface area contributed by atoms with E-state index in [1.165, 1.54) is 24.3 Å². The van der Waals surface area contributed by atoms with Gasteiger partial charge in [0.25, 0.3) is 0 Å². The molecule has 5 nitrogen and oxygen atoms in total. The van der Waals surface area contributed by atoms with E-state index >= 15 is 0 Å². The van der Waals surface area contributed by atoms with Crippen LogP contribution in [0.4, 0.5) is 0 Å². The van der Waals surface area contributed by atoms with Crippen LogP contribution in [0.5, 0.6) is 23.0 Å². The molecule has 0 aliphatic carbocycles. The van der Waals surface area contributed by atoms with Crippen LogP contribution in [0.2, 0.25) is 0 Å². The highest BCUT2D eigenvalue weighted by Gasteiger charge is 2.09. The summed E-state index contributed by atoms with van der Waals surface area (Å²) >= 11 is 0.